The number of ether oxygens (including phenoxy) is 2. The molecule has 20 heavy (non-hydrogen) atoms. The highest BCUT2D eigenvalue weighted by Crippen LogP contribution is 2.35. The van der Waals surface area contributed by atoms with Crippen molar-refractivity contribution in [3.05, 3.63) is 35.9 Å². The van der Waals surface area contributed by atoms with Crippen LogP contribution in [0.25, 0.3) is 0 Å². The van der Waals surface area contributed by atoms with Gasteiger partial charge in [0.05, 0.1) is 12.7 Å². The topological polar surface area (TPSA) is 55.8 Å². The summed E-state index contributed by atoms with van der Waals surface area (Å²) in [6, 6.07) is 9.80. The van der Waals surface area contributed by atoms with Crippen LogP contribution in [0.15, 0.2) is 30.3 Å². The van der Waals surface area contributed by atoms with E-state index in [9.17, 15) is 4.79 Å². The normalized spacial score (nSPS) is 27.4. The Bertz CT molecular complexity index is 450. The van der Waals surface area contributed by atoms with E-state index in [0.29, 0.717) is 18.8 Å². The van der Waals surface area contributed by atoms with E-state index >= 15 is 0 Å². The summed E-state index contributed by atoms with van der Waals surface area (Å²) in [5.74, 6) is -0.854. The molecule has 1 aliphatic rings. The minimum absolute atomic E-state index is 0.0707. The number of rotatable bonds is 6. The Kier molecular flexibility index (Phi) is 5.07. The van der Waals surface area contributed by atoms with Gasteiger partial charge in [-0.1, -0.05) is 37.3 Å². The lowest BCUT2D eigenvalue weighted by Gasteiger charge is -2.23. The molecular formula is C15H20O4S. The molecule has 0 saturated carbocycles. The second-order valence-corrected chi connectivity index (χ2v) is 6.17. The molecule has 2 rings (SSSR count). The molecule has 1 fully saturated rings. The summed E-state index contributed by atoms with van der Waals surface area (Å²) in [6.45, 7) is 4.28. The van der Waals surface area contributed by atoms with Gasteiger partial charge in [0.25, 0.3) is 0 Å². The zero-order valence-corrected chi connectivity index (χ0v) is 12.6. The van der Waals surface area contributed by atoms with Gasteiger partial charge in [-0.25, -0.2) is 0 Å². The summed E-state index contributed by atoms with van der Waals surface area (Å²) in [6.07, 6.45) is 0.544. The first-order valence-corrected chi connectivity index (χ1v) is 7.81. The van der Waals surface area contributed by atoms with E-state index in [1.165, 1.54) is 11.8 Å². The lowest BCUT2D eigenvalue weighted by molar-refractivity contribution is -0.159. The highest BCUT2D eigenvalue weighted by molar-refractivity contribution is 8.00. The van der Waals surface area contributed by atoms with Crippen LogP contribution in [0.4, 0.5) is 0 Å². The molecule has 0 radical (unpaired) electrons. The Morgan fingerprint density at radius 3 is 2.80 bits per heavy atom. The van der Waals surface area contributed by atoms with Gasteiger partial charge < -0.3 is 14.6 Å². The molecule has 1 aromatic carbocycles. The Labute approximate surface area is 123 Å². The molecule has 5 heteroatoms. The SMILES string of the molecule is CCC(SCC1COC(C)(c2ccccc2)O1)C(=O)O. The molecule has 0 bridgehead atoms. The minimum atomic E-state index is -0.762. The van der Waals surface area contributed by atoms with Gasteiger partial charge >= 0.3 is 5.97 Å². The van der Waals surface area contributed by atoms with Gasteiger partial charge in [0.1, 0.15) is 5.25 Å². The second kappa shape index (κ2) is 6.61. The zero-order valence-electron chi connectivity index (χ0n) is 11.7. The fourth-order valence-electron chi connectivity index (χ4n) is 2.20. The van der Waals surface area contributed by atoms with Crippen LogP contribution in [0, 0.1) is 0 Å². The quantitative estimate of drug-likeness (QED) is 0.875. The van der Waals surface area contributed by atoms with E-state index in [-0.39, 0.29) is 11.4 Å². The molecule has 1 saturated heterocycles. The Morgan fingerprint density at radius 2 is 2.20 bits per heavy atom. The number of hydrogen-bond donors (Lipinski definition) is 1. The maximum absolute atomic E-state index is 11.0. The van der Waals surface area contributed by atoms with Crippen molar-refractivity contribution in [3.8, 4) is 0 Å². The van der Waals surface area contributed by atoms with Crippen LogP contribution in [0.2, 0.25) is 0 Å². The average molecular weight is 296 g/mol. The van der Waals surface area contributed by atoms with Crippen molar-refractivity contribution in [2.45, 2.75) is 37.4 Å². The second-order valence-electron chi connectivity index (χ2n) is 4.93. The van der Waals surface area contributed by atoms with Crippen molar-refractivity contribution < 1.29 is 19.4 Å². The fraction of sp³-hybridized carbons (Fsp3) is 0.533. The summed E-state index contributed by atoms with van der Waals surface area (Å²) < 4.78 is 11.8. The summed E-state index contributed by atoms with van der Waals surface area (Å²) in [7, 11) is 0. The zero-order chi connectivity index (χ0) is 14.6. The van der Waals surface area contributed by atoms with Gasteiger partial charge in [-0.2, -0.15) is 0 Å². The molecule has 0 aromatic heterocycles. The van der Waals surface area contributed by atoms with Crippen molar-refractivity contribution in [3.63, 3.8) is 0 Å². The van der Waals surface area contributed by atoms with Crippen LogP contribution in [0.5, 0.6) is 0 Å². The van der Waals surface area contributed by atoms with E-state index in [1.54, 1.807) is 0 Å². The average Bonchev–Trinajstić information content (AvgIpc) is 2.83. The first-order chi connectivity index (χ1) is 9.55. The Morgan fingerprint density at radius 1 is 1.50 bits per heavy atom. The third-order valence-electron chi connectivity index (χ3n) is 3.36. The van der Waals surface area contributed by atoms with Gasteiger partial charge in [-0.3, -0.25) is 4.79 Å². The molecule has 0 spiro atoms. The first-order valence-electron chi connectivity index (χ1n) is 6.77. The molecule has 4 nitrogen and oxygen atoms in total. The predicted molar refractivity (Wildman–Crippen MR) is 78.8 cm³/mol. The molecular weight excluding hydrogens is 276 g/mol. The van der Waals surface area contributed by atoms with E-state index in [4.69, 9.17) is 14.6 Å². The molecule has 0 amide bonds. The summed E-state index contributed by atoms with van der Waals surface area (Å²) >= 11 is 1.42. The van der Waals surface area contributed by atoms with E-state index < -0.39 is 11.8 Å². The number of thioether (sulfide) groups is 1. The van der Waals surface area contributed by atoms with Crippen molar-refractivity contribution in [1.82, 2.24) is 0 Å². The highest BCUT2D eigenvalue weighted by atomic mass is 32.2. The van der Waals surface area contributed by atoms with Crippen LogP contribution in [-0.2, 0) is 20.1 Å². The number of carboxylic acids is 1. The van der Waals surface area contributed by atoms with Gasteiger partial charge in [0, 0.05) is 11.3 Å². The Balaban J connectivity index is 1.91. The van der Waals surface area contributed by atoms with Crippen molar-refractivity contribution in [1.29, 1.82) is 0 Å². The molecule has 3 unspecified atom stereocenters. The monoisotopic (exact) mass is 296 g/mol. The van der Waals surface area contributed by atoms with Crippen molar-refractivity contribution in [2.75, 3.05) is 12.4 Å². The largest absolute Gasteiger partial charge is 0.480 e. The van der Waals surface area contributed by atoms with Gasteiger partial charge in [0.15, 0.2) is 5.79 Å². The maximum Gasteiger partial charge on any atom is 0.316 e. The first kappa shape index (κ1) is 15.4. The number of carbonyl (C=O) groups is 1. The molecule has 3 atom stereocenters. The van der Waals surface area contributed by atoms with Crippen molar-refractivity contribution >= 4 is 17.7 Å². The maximum atomic E-state index is 11.0. The number of hydrogen-bond acceptors (Lipinski definition) is 4. The molecule has 1 N–H and O–H groups in total. The third-order valence-corrected chi connectivity index (χ3v) is 4.87. The minimum Gasteiger partial charge on any atom is -0.480 e. The number of aliphatic carboxylic acids is 1. The fourth-order valence-corrected chi connectivity index (χ4v) is 3.19. The van der Waals surface area contributed by atoms with Crippen LogP contribution < -0.4 is 0 Å². The van der Waals surface area contributed by atoms with Gasteiger partial charge in [0.2, 0.25) is 0 Å². The lowest BCUT2D eigenvalue weighted by Crippen LogP contribution is -2.25. The van der Waals surface area contributed by atoms with Gasteiger partial charge in [-0.05, 0) is 13.3 Å². The van der Waals surface area contributed by atoms with Crippen LogP contribution in [0.3, 0.4) is 0 Å². The van der Waals surface area contributed by atoms with Crippen molar-refractivity contribution in [2.24, 2.45) is 0 Å². The predicted octanol–water partition coefficient (Wildman–Crippen LogP) is 2.87. The smallest absolute Gasteiger partial charge is 0.316 e. The molecule has 1 heterocycles. The highest BCUT2D eigenvalue weighted by Gasteiger charge is 2.39. The molecule has 1 aliphatic heterocycles. The molecule has 110 valence electrons. The van der Waals surface area contributed by atoms with E-state index in [1.807, 2.05) is 44.2 Å². The van der Waals surface area contributed by atoms with Crippen LogP contribution >= 0.6 is 11.8 Å². The summed E-state index contributed by atoms with van der Waals surface area (Å²) in [5, 5.41) is 8.66. The van der Waals surface area contributed by atoms with Crippen LogP contribution in [0.1, 0.15) is 25.8 Å². The third kappa shape index (κ3) is 3.53. The summed E-state index contributed by atoms with van der Waals surface area (Å²) in [5.41, 5.74) is 0.984. The lowest BCUT2D eigenvalue weighted by atomic mass is 10.1. The number of carboxylic acid groups (broad SMARTS) is 1. The summed E-state index contributed by atoms with van der Waals surface area (Å²) in [4.78, 5) is 11.0. The van der Waals surface area contributed by atoms with E-state index in [0.717, 1.165) is 5.56 Å². The molecule has 1 aromatic rings. The number of benzene rings is 1. The van der Waals surface area contributed by atoms with E-state index in [2.05, 4.69) is 0 Å². The standard InChI is InChI=1S/C15H20O4S/c1-3-13(14(16)17)20-10-12-9-18-15(2,19-12)11-7-5-4-6-8-11/h4-8,12-13H,3,9-10H2,1-2H3,(H,16,17). The van der Waals surface area contributed by atoms with Crippen LogP contribution in [-0.4, -0.2) is 34.8 Å². The Hall–Kier alpha value is -1.04. The molecule has 0 aliphatic carbocycles. The van der Waals surface area contributed by atoms with Gasteiger partial charge in [-0.15, -0.1) is 11.8 Å².